The third kappa shape index (κ3) is 3.07. The van der Waals surface area contributed by atoms with E-state index in [2.05, 4.69) is 31.3 Å². The maximum absolute atomic E-state index is 12.3. The molecule has 0 aliphatic heterocycles. The van der Waals surface area contributed by atoms with Crippen molar-refractivity contribution in [2.24, 2.45) is 0 Å². The molecule has 0 radical (unpaired) electrons. The van der Waals surface area contributed by atoms with E-state index in [9.17, 15) is 4.79 Å². The van der Waals surface area contributed by atoms with E-state index in [1.54, 1.807) is 29.2 Å². The minimum atomic E-state index is -0.265. The molecule has 1 N–H and O–H groups in total. The molecular weight excluding hydrogens is 344 g/mol. The number of rotatable bonds is 3. The Balaban J connectivity index is 1.85. The topological polar surface area (TPSA) is 59.8 Å². The number of carbonyl (C=O) groups is 1. The normalized spacial score (nSPS) is 10.5. The minimum Gasteiger partial charge on any atom is -0.320 e. The first-order chi connectivity index (χ1) is 10.6. The molecule has 0 aliphatic carbocycles. The van der Waals surface area contributed by atoms with Crippen molar-refractivity contribution >= 4 is 27.5 Å². The number of amides is 1. The van der Waals surface area contributed by atoms with Crippen molar-refractivity contribution in [1.29, 1.82) is 0 Å². The number of benzene rings is 1. The van der Waals surface area contributed by atoms with Crippen LogP contribution in [0, 0.1) is 6.92 Å². The fraction of sp³-hybridized carbons (Fsp3) is 0.0625. The average Bonchev–Trinajstić information content (AvgIpc) is 3.04. The third-order valence-corrected chi connectivity index (χ3v) is 3.77. The van der Waals surface area contributed by atoms with Crippen LogP contribution in [0.1, 0.15) is 16.1 Å². The second-order valence-corrected chi connectivity index (χ2v) is 5.64. The van der Waals surface area contributed by atoms with Gasteiger partial charge in [-0.2, -0.15) is 5.10 Å². The lowest BCUT2D eigenvalue weighted by Gasteiger charge is -2.08. The Morgan fingerprint density at radius 2 is 2.09 bits per heavy atom. The molecule has 22 heavy (non-hydrogen) atoms. The highest BCUT2D eigenvalue weighted by Crippen LogP contribution is 2.23. The summed E-state index contributed by atoms with van der Waals surface area (Å²) in [6.45, 7) is 1.99. The van der Waals surface area contributed by atoms with Gasteiger partial charge in [0.05, 0.1) is 11.4 Å². The maximum Gasteiger partial charge on any atom is 0.274 e. The van der Waals surface area contributed by atoms with Crippen LogP contribution in [0.4, 0.5) is 5.69 Å². The fourth-order valence-electron chi connectivity index (χ4n) is 2.02. The molecular formula is C16H13BrN4O. The smallest absolute Gasteiger partial charge is 0.274 e. The fourth-order valence-corrected chi connectivity index (χ4v) is 2.61. The van der Waals surface area contributed by atoms with Crippen LogP contribution in [0.5, 0.6) is 0 Å². The molecule has 0 unspecified atom stereocenters. The largest absolute Gasteiger partial charge is 0.320 e. The van der Waals surface area contributed by atoms with Crippen LogP contribution < -0.4 is 5.32 Å². The Bertz CT molecular complexity index is 815. The first-order valence-corrected chi connectivity index (χ1v) is 7.46. The zero-order chi connectivity index (χ0) is 15.5. The van der Waals surface area contributed by atoms with Crippen LogP contribution in [0.25, 0.3) is 5.69 Å². The zero-order valence-corrected chi connectivity index (χ0v) is 13.4. The Morgan fingerprint density at radius 1 is 1.23 bits per heavy atom. The Morgan fingerprint density at radius 3 is 2.82 bits per heavy atom. The van der Waals surface area contributed by atoms with Crippen molar-refractivity contribution in [3.8, 4) is 5.69 Å². The number of anilines is 1. The summed E-state index contributed by atoms with van der Waals surface area (Å²) in [5, 5.41) is 6.99. The van der Waals surface area contributed by atoms with Crippen molar-refractivity contribution in [2.45, 2.75) is 6.92 Å². The molecule has 0 bridgehead atoms. The van der Waals surface area contributed by atoms with E-state index in [0.717, 1.165) is 15.7 Å². The first kappa shape index (κ1) is 14.5. The molecule has 3 rings (SSSR count). The molecule has 2 heterocycles. The van der Waals surface area contributed by atoms with Gasteiger partial charge >= 0.3 is 0 Å². The third-order valence-electron chi connectivity index (χ3n) is 3.12. The second kappa shape index (κ2) is 6.11. The van der Waals surface area contributed by atoms with Gasteiger partial charge in [0.2, 0.25) is 0 Å². The minimum absolute atomic E-state index is 0.265. The summed E-state index contributed by atoms with van der Waals surface area (Å²) < 4.78 is 2.52. The molecule has 0 spiro atoms. The molecule has 0 saturated heterocycles. The highest BCUT2D eigenvalue weighted by Gasteiger charge is 2.11. The summed E-state index contributed by atoms with van der Waals surface area (Å²) in [7, 11) is 0. The molecule has 0 atom stereocenters. The van der Waals surface area contributed by atoms with Gasteiger partial charge in [0.25, 0.3) is 5.91 Å². The van der Waals surface area contributed by atoms with Gasteiger partial charge in [-0.15, -0.1) is 0 Å². The van der Waals surface area contributed by atoms with Crippen molar-refractivity contribution in [2.75, 3.05) is 5.32 Å². The second-order valence-electron chi connectivity index (χ2n) is 4.79. The molecule has 0 aliphatic rings. The molecule has 6 heteroatoms. The van der Waals surface area contributed by atoms with Crippen LogP contribution in [0.3, 0.4) is 0 Å². The number of nitrogens with zero attached hydrogens (tertiary/aromatic N) is 3. The van der Waals surface area contributed by atoms with Gasteiger partial charge in [-0.1, -0.05) is 6.07 Å². The van der Waals surface area contributed by atoms with Crippen LogP contribution in [0.2, 0.25) is 0 Å². The molecule has 110 valence electrons. The number of aryl methyl sites for hydroxylation is 1. The number of halogens is 1. The highest BCUT2D eigenvalue weighted by atomic mass is 79.9. The highest BCUT2D eigenvalue weighted by molar-refractivity contribution is 9.10. The van der Waals surface area contributed by atoms with E-state index < -0.39 is 0 Å². The van der Waals surface area contributed by atoms with Gasteiger partial charge in [-0.3, -0.25) is 9.78 Å². The average molecular weight is 357 g/mol. The lowest BCUT2D eigenvalue weighted by Crippen LogP contribution is -2.14. The summed E-state index contributed by atoms with van der Waals surface area (Å²) in [6, 6.07) is 11.1. The van der Waals surface area contributed by atoms with Crippen molar-refractivity contribution < 1.29 is 4.79 Å². The van der Waals surface area contributed by atoms with Gasteiger partial charge in [0.1, 0.15) is 5.69 Å². The van der Waals surface area contributed by atoms with Crippen LogP contribution in [-0.4, -0.2) is 20.7 Å². The summed E-state index contributed by atoms with van der Waals surface area (Å²) in [5.74, 6) is -0.265. The molecule has 3 aromatic rings. The predicted octanol–water partition coefficient (Wildman–Crippen LogP) is 3.59. The van der Waals surface area contributed by atoms with Gasteiger partial charge < -0.3 is 5.32 Å². The Hall–Kier alpha value is -2.47. The van der Waals surface area contributed by atoms with Crippen molar-refractivity contribution in [3.05, 3.63) is 70.7 Å². The molecule has 1 amide bonds. The van der Waals surface area contributed by atoms with E-state index in [0.29, 0.717) is 11.4 Å². The molecule has 0 saturated carbocycles. The maximum atomic E-state index is 12.3. The van der Waals surface area contributed by atoms with Gasteiger partial charge in [-0.05, 0) is 58.7 Å². The zero-order valence-electron chi connectivity index (χ0n) is 11.8. The van der Waals surface area contributed by atoms with E-state index in [-0.39, 0.29) is 5.91 Å². The lowest BCUT2D eigenvalue weighted by molar-refractivity contribution is 0.102. The summed E-state index contributed by atoms with van der Waals surface area (Å²) in [4.78, 5) is 16.5. The van der Waals surface area contributed by atoms with Crippen molar-refractivity contribution in [3.63, 3.8) is 0 Å². The number of carbonyl (C=O) groups excluding carboxylic acids is 1. The Labute approximate surface area is 136 Å². The predicted molar refractivity (Wildman–Crippen MR) is 88.2 cm³/mol. The number of pyridine rings is 1. The Kier molecular flexibility index (Phi) is 4.02. The number of hydrogen-bond donors (Lipinski definition) is 1. The molecule has 5 nitrogen and oxygen atoms in total. The lowest BCUT2D eigenvalue weighted by atomic mass is 10.2. The van der Waals surface area contributed by atoms with Gasteiger partial charge in [0.15, 0.2) is 0 Å². The van der Waals surface area contributed by atoms with Crippen molar-refractivity contribution in [1.82, 2.24) is 14.8 Å². The van der Waals surface area contributed by atoms with Gasteiger partial charge in [0, 0.05) is 23.1 Å². The monoisotopic (exact) mass is 356 g/mol. The quantitative estimate of drug-likeness (QED) is 0.779. The van der Waals surface area contributed by atoms with Crippen LogP contribution in [-0.2, 0) is 0 Å². The molecule has 0 fully saturated rings. The number of nitrogens with one attached hydrogen (secondary N) is 1. The van der Waals surface area contributed by atoms with Crippen LogP contribution in [0.15, 0.2) is 59.5 Å². The standard InChI is InChI=1S/C16H13BrN4O/c1-11-3-4-14(13(17)9-11)20-16(22)15-10-12(5-7-18-15)21-8-2-6-19-21/h2-10H,1H3,(H,20,22). The van der Waals surface area contributed by atoms with E-state index in [1.165, 1.54) is 0 Å². The SMILES string of the molecule is Cc1ccc(NC(=O)c2cc(-n3cccn3)ccn2)c(Br)c1. The molecule has 1 aromatic carbocycles. The van der Waals surface area contributed by atoms with E-state index in [4.69, 9.17) is 0 Å². The van der Waals surface area contributed by atoms with E-state index in [1.807, 2.05) is 37.4 Å². The van der Waals surface area contributed by atoms with Gasteiger partial charge in [-0.25, -0.2) is 4.68 Å². The first-order valence-electron chi connectivity index (χ1n) is 6.67. The summed E-state index contributed by atoms with van der Waals surface area (Å²) in [5.41, 5.74) is 2.94. The summed E-state index contributed by atoms with van der Waals surface area (Å²) in [6.07, 6.45) is 5.09. The number of aromatic nitrogens is 3. The summed E-state index contributed by atoms with van der Waals surface area (Å²) >= 11 is 3.44. The number of hydrogen-bond acceptors (Lipinski definition) is 3. The van der Waals surface area contributed by atoms with E-state index >= 15 is 0 Å². The molecule has 2 aromatic heterocycles. The van der Waals surface area contributed by atoms with Crippen LogP contribution >= 0.6 is 15.9 Å².